The molecule has 7 nitrogen and oxygen atoms in total. The summed E-state index contributed by atoms with van der Waals surface area (Å²) in [6, 6.07) is 5.72. The first-order valence-electron chi connectivity index (χ1n) is 7.52. The molecule has 8 heteroatoms. The number of rotatable bonds is 3. The molecule has 1 aliphatic heterocycles. The summed E-state index contributed by atoms with van der Waals surface area (Å²) in [6.07, 6.45) is 0. The van der Waals surface area contributed by atoms with Gasteiger partial charge >= 0.3 is 0 Å². The van der Waals surface area contributed by atoms with Crippen LogP contribution in [0.1, 0.15) is 42.4 Å². The SMILES string of the molecule is CC(C)(C)n1nc2c(c1NC(=O)c1cccc([N+](=O)[O-])c1)CSC2. The number of aromatic nitrogens is 2. The number of nitro groups is 1. The van der Waals surface area contributed by atoms with Crippen molar-refractivity contribution in [2.75, 3.05) is 5.32 Å². The first-order chi connectivity index (χ1) is 11.3. The van der Waals surface area contributed by atoms with Crippen molar-refractivity contribution in [2.45, 2.75) is 37.8 Å². The lowest BCUT2D eigenvalue weighted by Gasteiger charge is -2.23. The minimum Gasteiger partial charge on any atom is -0.306 e. The number of fused-ring (bicyclic) bond motifs is 1. The summed E-state index contributed by atoms with van der Waals surface area (Å²) < 4.78 is 1.83. The van der Waals surface area contributed by atoms with E-state index in [0.717, 1.165) is 22.8 Å². The second-order valence-electron chi connectivity index (χ2n) is 6.61. The Labute approximate surface area is 143 Å². The predicted molar refractivity (Wildman–Crippen MR) is 93.3 cm³/mol. The van der Waals surface area contributed by atoms with Crippen molar-refractivity contribution < 1.29 is 9.72 Å². The third-order valence-corrected chi connectivity index (χ3v) is 4.71. The van der Waals surface area contributed by atoms with E-state index in [1.807, 2.05) is 25.5 Å². The lowest BCUT2D eigenvalue weighted by molar-refractivity contribution is -0.384. The summed E-state index contributed by atoms with van der Waals surface area (Å²) in [6.45, 7) is 6.06. The Bertz CT molecular complexity index is 823. The zero-order valence-corrected chi connectivity index (χ0v) is 14.5. The Balaban J connectivity index is 1.95. The van der Waals surface area contributed by atoms with E-state index in [1.165, 1.54) is 18.2 Å². The van der Waals surface area contributed by atoms with Gasteiger partial charge in [-0.1, -0.05) is 6.07 Å². The van der Waals surface area contributed by atoms with Crippen LogP contribution in [0.2, 0.25) is 0 Å². The van der Waals surface area contributed by atoms with Gasteiger partial charge in [-0.25, -0.2) is 4.68 Å². The highest BCUT2D eigenvalue weighted by Crippen LogP contribution is 2.37. The number of carbonyl (C=O) groups excluding carboxylic acids is 1. The van der Waals surface area contributed by atoms with Gasteiger partial charge in [0.2, 0.25) is 0 Å². The van der Waals surface area contributed by atoms with Gasteiger partial charge in [-0.2, -0.15) is 16.9 Å². The number of nitro benzene ring substituents is 1. The zero-order valence-electron chi connectivity index (χ0n) is 13.7. The summed E-state index contributed by atoms with van der Waals surface area (Å²) in [5.74, 6) is 1.94. The van der Waals surface area contributed by atoms with Crippen LogP contribution >= 0.6 is 11.8 Å². The molecule has 0 bridgehead atoms. The molecule has 0 saturated heterocycles. The van der Waals surface area contributed by atoms with Gasteiger partial charge in [0.05, 0.1) is 16.2 Å². The Kier molecular flexibility index (Phi) is 4.08. The van der Waals surface area contributed by atoms with Gasteiger partial charge in [-0.05, 0) is 26.8 Å². The molecule has 24 heavy (non-hydrogen) atoms. The molecule has 0 unspecified atom stereocenters. The smallest absolute Gasteiger partial charge is 0.270 e. The van der Waals surface area contributed by atoms with E-state index in [-0.39, 0.29) is 22.7 Å². The van der Waals surface area contributed by atoms with Crippen LogP contribution in [-0.4, -0.2) is 20.6 Å². The van der Waals surface area contributed by atoms with Crippen molar-refractivity contribution in [1.82, 2.24) is 9.78 Å². The predicted octanol–water partition coefficient (Wildman–Crippen LogP) is 3.55. The molecule has 1 aromatic heterocycles. The zero-order chi connectivity index (χ0) is 17.5. The molecule has 0 spiro atoms. The molecule has 3 rings (SSSR count). The highest BCUT2D eigenvalue weighted by Gasteiger charge is 2.29. The van der Waals surface area contributed by atoms with E-state index >= 15 is 0 Å². The summed E-state index contributed by atoms with van der Waals surface area (Å²) in [4.78, 5) is 23.0. The van der Waals surface area contributed by atoms with Crippen LogP contribution in [0.25, 0.3) is 0 Å². The first-order valence-corrected chi connectivity index (χ1v) is 8.67. The minimum atomic E-state index is -0.509. The number of amides is 1. The molecule has 0 atom stereocenters. The minimum absolute atomic E-state index is 0.104. The van der Waals surface area contributed by atoms with E-state index in [1.54, 1.807) is 17.8 Å². The molecule has 1 amide bonds. The Morgan fingerprint density at radius 3 is 2.79 bits per heavy atom. The molecule has 1 aromatic carbocycles. The van der Waals surface area contributed by atoms with Crippen LogP contribution in [-0.2, 0) is 17.0 Å². The maximum Gasteiger partial charge on any atom is 0.270 e. The summed E-state index contributed by atoms with van der Waals surface area (Å²) >= 11 is 1.76. The molecule has 2 aromatic rings. The number of nitrogens with one attached hydrogen (secondary N) is 1. The van der Waals surface area contributed by atoms with E-state index in [4.69, 9.17) is 0 Å². The highest BCUT2D eigenvalue weighted by atomic mass is 32.2. The average molecular weight is 346 g/mol. The number of nitrogens with zero attached hydrogens (tertiary/aromatic N) is 3. The maximum absolute atomic E-state index is 12.6. The van der Waals surface area contributed by atoms with Crippen LogP contribution in [0.4, 0.5) is 11.5 Å². The Morgan fingerprint density at radius 1 is 1.38 bits per heavy atom. The molecule has 1 N–H and O–H groups in total. The monoisotopic (exact) mass is 346 g/mol. The van der Waals surface area contributed by atoms with E-state index < -0.39 is 4.92 Å². The van der Waals surface area contributed by atoms with Crippen LogP contribution < -0.4 is 5.32 Å². The molecular weight excluding hydrogens is 328 g/mol. The van der Waals surface area contributed by atoms with Crippen molar-refractivity contribution in [1.29, 1.82) is 0 Å². The van der Waals surface area contributed by atoms with Crippen molar-refractivity contribution in [3.63, 3.8) is 0 Å². The number of anilines is 1. The largest absolute Gasteiger partial charge is 0.306 e. The second-order valence-corrected chi connectivity index (χ2v) is 7.60. The summed E-state index contributed by atoms with van der Waals surface area (Å²) in [7, 11) is 0. The van der Waals surface area contributed by atoms with E-state index in [9.17, 15) is 14.9 Å². The fourth-order valence-corrected chi connectivity index (χ4v) is 3.60. The molecular formula is C16H18N4O3S. The van der Waals surface area contributed by atoms with Crippen molar-refractivity contribution in [3.05, 3.63) is 51.2 Å². The van der Waals surface area contributed by atoms with Crippen LogP contribution in [0.15, 0.2) is 24.3 Å². The van der Waals surface area contributed by atoms with Crippen LogP contribution in [0.5, 0.6) is 0 Å². The van der Waals surface area contributed by atoms with E-state index in [2.05, 4.69) is 10.4 Å². The third kappa shape index (κ3) is 3.01. The molecule has 0 aliphatic carbocycles. The molecule has 0 radical (unpaired) electrons. The second kappa shape index (κ2) is 5.94. The number of non-ortho nitro benzene ring substituents is 1. The van der Waals surface area contributed by atoms with Crippen LogP contribution in [0, 0.1) is 10.1 Å². The standard InChI is InChI=1S/C16H18N4O3S/c1-16(2,3)19-14(12-8-24-9-13(12)18-19)17-15(21)10-5-4-6-11(7-10)20(22)23/h4-7H,8-9H2,1-3H3,(H,17,21). The fraction of sp³-hybridized carbons (Fsp3) is 0.375. The molecule has 2 heterocycles. The topological polar surface area (TPSA) is 90.1 Å². The molecule has 0 saturated carbocycles. The fourth-order valence-electron chi connectivity index (χ4n) is 2.57. The van der Waals surface area contributed by atoms with Gasteiger partial charge in [0.25, 0.3) is 11.6 Å². The van der Waals surface area contributed by atoms with Gasteiger partial charge in [-0.3, -0.25) is 14.9 Å². The lowest BCUT2D eigenvalue weighted by Crippen LogP contribution is -2.27. The van der Waals surface area contributed by atoms with Crippen molar-refractivity contribution in [2.24, 2.45) is 0 Å². The quantitative estimate of drug-likeness (QED) is 0.678. The average Bonchev–Trinajstić information content (AvgIpc) is 3.09. The van der Waals surface area contributed by atoms with Gasteiger partial charge < -0.3 is 5.32 Å². The Hall–Kier alpha value is -2.35. The number of hydrogen-bond acceptors (Lipinski definition) is 5. The van der Waals surface area contributed by atoms with E-state index in [0.29, 0.717) is 5.82 Å². The van der Waals surface area contributed by atoms with Gasteiger partial charge in [0.1, 0.15) is 5.82 Å². The molecule has 126 valence electrons. The van der Waals surface area contributed by atoms with Gasteiger partial charge in [0.15, 0.2) is 0 Å². The third-order valence-electron chi connectivity index (χ3n) is 3.74. The highest BCUT2D eigenvalue weighted by molar-refractivity contribution is 7.98. The van der Waals surface area contributed by atoms with Crippen LogP contribution in [0.3, 0.4) is 0 Å². The number of carbonyl (C=O) groups is 1. The number of thioether (sulfide) groups is 1. The van der Waals surface area contributed by atoms with Gasteiger partial charge in [-0.15, -0.1) is 0 Å². The summed E-state index contributed by atoms with van der Waals surface area (Å²) in [5, 5.41) is 18.4. The molecule has 0 fully saturated rings. The first kappa shape index (κ1) is 16.5. The summed E-state index contributed by atoms with van der Waals surface area (Å²) in [5.41, 5.74) is 1.90. The number of hydrogen-bond donors (Lipinski definition) is 1. The normalized spacial score (nSPS) is 13.6. The van der Waals surface area contributed by atoms with Crippen molar-refractivity contribution in [3.8, 4) is 0 Å². The maximum atomic E-state index is 12.6. The number of benzene rings is 1. The van der Waals surface area contributed by atoms with Crippen molar-refractivity contribution >= 4 is 29.2 Å². The molecule has 1 aliphatic rings. The Morgan fingerprint density at radius 2 is 2.12 bits per heavy atom. The lowest BCUT2D eigenvalue weighted by atomic mass is 10.1. The van der Waals surface area contributed by atoms with Gasteiger partial charge in [0, 0.05) is 34.8 Å².